The molecule has 0 spiro atoms. The highest BCUT2D eigenvalue weighted by Gasteiger charge is 2.18. The number of halogens is 4. The lowest BCUT2D eigenvalue weighted by Gasteiger charge is -2.17. The van der Waals surface area contributed by atoms with Gasteiger partial charge in [0.15, 0.2) is 0 Å². The second kappa shape index (κ2) is 7.53. The Morgan fingerprint density at radius 3 is 1.96 bits per heavy atom. The van der Waals surface area contributed by atoms with Crippen LogP contribution in [-0.4, -0.2) is 0 Å². The maximum Gasteiger partial charge on any atom is 0.131 e. The Bertz CT molecular complexity index is 1150. The summed E-state index contributed by atoms with van der Waals surface area (Å²) in [6, 6.07) is 21.8. The molecular formula is C24H14ClF3. The summed E-state index contributed by atoms with van der Waals surface area (Å²) < 4.78 is 41.7. The summed E-state index contributed by atoms with van der Waals surface area (Å²) in [6.07, 6.45) is 0. The van der Waals surface area contributed by atoms with Crippen molar-refractivity contribution < 1.29 is 13.2 Å². The Kier molecular flexibility index (Phi) is 4.93. The molecule has 0 unspecified atom stereocenters. The van der Waals surface area contributed by atoms with Crippen LogP contribution in [0.3, 0.4) is 0 Å². The van der Waals surface area contributed by atoms with Crippen molar-refractivity contribution in [2.24, 2.45) is 0 Å². The van der Waals surface area contributed by atoms with E-state index in [1.54, 1.807) is 54.6 Å². The molecule has 0 nitrogen and oxygen atoms in total. The van der Waals surface area contributed by atoms with Crippen molar-refractivity contribution in [3.05, 3.63) is 107 Å². The average molecular weight is 395 g/mol. The van der Waals surface area contributed by atoms with Gasteiger partial charge in [-0.1, -0.05) is 66.2 Å². The van der Waals surface area contributed by atoms with Gasteiger partial charge in [-0.2, -0.15) is 0 Å². The van der Waals surface area contributed by atoms with Crippen LogP contribution in [0, 0.1) is 17.5 Å². The molecule has 0 aliphatic heterocycles. The van der Waals surface area contributed by atoms with E-state index in [1.807, 2.05) is 0 Å². The molecule has 4 rings (SSSR count). The Hall–Kier alpha value is -3.04. The molecule has 0 radical (unpaired) electrons. The van der Waals surface area contributed by atoms with Crippen molar-refractivity contribution in [2.75, 3.05) is 0 Å². The van der Waals surface area contributed by atoms with Crippen LogP contribution in [-0.2, 0) is 0 Å². The predicted octanol–water partition coefficient (Wildman–Crippen LogP) is 7.76. The van der Waals surface area contributed by atoms with Gasteiger partial charge in [-0.25, -0.2) is 13.2 Å². The fourth-order valence-corrected chi connectivity index (χ4v) is 3.64. The van der Waals surface area contributed by atoms with Gasteiger partial charge in [0.2, 0.25) is 0 Å². The molecule has 138 valence electrons. The Labute approximate surface area is 165 Å². The summed E-state index contributed by atoms with van der Waals surface area (Å²) in [7, 11) is 0. The molecule has 0 N–H and O–H groups in total. The van der Waals surface area contributed by atoms with Gasteiger partial charge in [0, 0.05) is 16.7 Å². The van der Waals surface area contributed by atoms with Crippen LogP contribution in [0.15, 0.2) is 84.9 Å². The zero-order chi connectivity index (χ0) is 19.7. The highest BCUT2D eigenvalue weighted by molar-refractivity contribution is 6.37. The van der Waals surface area contributed by atoms with Gasteiger partial charge in [0.05, 0.1) is 5.02 Å². The van der Waals surface area contributed by atoms with Crippen LogP contribution in [0.25, 0.3) is 33.4 Å². The minimum Gasteiger partial charge on any atom is -0.207 e. The van der Waals surface area contributed by atoms with Gasteiger partial charge < -0.3 is 0 Å². The van der Waals surface area contributed by atoms with Crippen molar-refractivity contribution in [3.63, 3.8) is 0 Å². The van der Waals surface area contributed by atoms with E-state index < -0.39 is 11.6 Å². The molecule has 4 heteroatoms. The van der Waals surface area contributed by atoms with Crippen LogP contribution >= 0.6 is 11.6 Å². The summed E-state index contributed by atoms with van der Waals surface area (Å²) >= 11 is 6.74. The molecule has 0 heterocycles. The first-order valence-electron chi connectivity index (χ1n) is 8.64. The van der Waals surface area contributed by atoms with Crippen molar-refractivity contribution >= 4 is 11.6 Å². The number of hydrogen-bond donors (Lipinski definition) is 0. The van der Waals surface area contributed by atoms with E-state index in [0.29, 0.717) is 38.4 Å². The van der Waals surface area contributed by atoms with Gasteiger partial charge in [-0.15, -0.1) is 0 Å². The first-order chi connectivity index (χ1) is 13.5. The third kappa shape index (κ3) is 3.41. The van der Waals surface area contributed by atoms with Gasteiger partial charge in [-0.3, -0.25) is 0 Å². The molecule has 0 fully saturated rings. The summed E-state index contributed by atoms with van der Waals surface area (Å²) in [4.78, 5) is 0. The predicted molar refractivity (Wildman–Crippen MR) is 108 cm³/mol. The molecule has 4 aromatic carbocycles. The lowest BCUT2D eigenvalue weighted by atomic mass is 9.90. The maximum atomic E-state index is 14.5. The number of hydrogen-bond acceptors (Lipinski definition) is 0. The fraction of sp³-hybridized carbons (Fsp3) is 0. The normalized spacial score (nSPS) is 10.9. The molecule has 0 atom stereocenters. The molecule has 28 heavy (non-hydrogen) atoms. The van der Waals surface area contributed by atoms with Gasteiger partial charge in [-0.05, 0) is 47.0 Å². The standard InChI is InChI=1S/C24H14ClF3/c25-24-19(15-8-10-17(26)11-9-15)12-13-21(20-6-1-2-7-22(20)28)23(24)16-4-3-5-18(27)14-16/h1-14H. The summed E-state index contributed by atoms with van der Waals surface area (Å²) in [6.45, 7) is 0. The summed E-state index contributed by atoms with van der Waals surface area (Å²) in [5.41, 5.74) is 3.35. The Balaban J connectivity index is 2.01. The molecule has 0 bridgehead atoms. The lowest BCUT2D eigenvalue weighted by molar-refractivity contribution is 0.627. The molecule has 0 aromatic heterocycles. The van der Waals surface area contributed by atoms with Crippen LogP contribution in [0.5, 0.6) is 0 Å². The number of benzene rings is 4. The van der Waals surface area contributed by atoms with E-state index in [4.69, 9.17) is 11.6 Å². The zero-order valence-corrected chi connectivity index (χ0v) is 15.4. The first-order valence-corrected chi connectivity index (χ1v) is 9.01. The van der Waals surface area contributed by atoms with E-state index in [9.17, 15) is 13.2 Å². The topological polar surface area (TPSA) is 0 Å². The summed E-state index contributed by atoms with van der Waals surface area (Å²) in [5.74, 6) is -1.17. The highest BCUT2D eigenvalue weighted by atomic mass is 35.5. The van der Waals surface area contributed by atoms with E-state index in [2.05, 4.69) is 0 Å². The monoisotopic (exact) mass is 394 g/mol. The molecule has 0 amide bonds. The Morgan fingerprint density at radius 2 is 1.25 bits per heavy atom. The van der Waals surface area contributed by atoms with Gasteiger partial charge in [0.25, 0.3) is 0 Å². The molecule has 0 saturated heterocycles. The quantitative estimate of drug-likeness (QED) is 0.333. The zero-order valence-electron chi connectivity index (χ0n) is 14.6. The fourth-order valence-electron chi connectivity index (χ4n) is 3.26. The van der Waals surface area contributed by atoms with E-state index >= 15 is 0 Å². The second-order valence-electron chi connectivity index (χ2n) is 6.35. The minimum atomic E-state index is -0.416. The minimum absolute atomic E-state index is 0.345. The van der Waals surface area contributed by atoms with Gasteiger partial charge in [0.1, 0.15) is 17.5 Å². The van der Waals surface area contributed by atoms with E-state index in [1.165, 1.54) is 30.3 Å². The van der Waals surface area contributed by atoms with Crippen molar-refractivity contribution in [3.8, 4) is 33.4 Å². The van der Waals surface area contributed by atoms with Gasteiger partial charge >= 0.3 is 0 Å². The van der Waals surface area contributed by atoms with Crippen LogP contribution in [0.2, 0.25) is 5.02 Å². The number of rotatable bonds is 3. The molecule has 0 saturated carbocycles. The van der Waals surface area contributed by atoms with E-state index in [0.717, 1.165) is 0 Å². The largest absolute Gasteiger partial charge is 0.207 e. The third-order valence-electron chi connectivity index (χ3n) is 4.57. The smallest absolute Gasteiger partial charge is 0.131 e. The second-order valence-corrected chi connectivity index (χ2v) is 6.72. The Morgan fingerprint density at radius 1 is 0.536 bits per heavy atom. The van der Waals surface area contributed by atoms with Crippen LogP contribution < -0.4 is 0 Å². The SMILES string of the molecule is Fc1ccc(-c2ccc(-c3ccccc3F)c(-c3cccc(F)c3)c2Cl)cc1. The van der Waals surface area contributed by atoms with Crippen molar-refractivity contribution in [1.82, 2.24) is 0 Å². The molecule has 0 aliphatic rings. The molecular weight excluding hydrogens is 381 g/mol. The van der Waals surface area contributed by atoms with Crippen molar-refractivity contribution in [1.29, 1.82) is 0 Å². The third-order valence-corrected chi connectivity index (χ3v) is 4.97. The lowest BCUT2D eigenvalue weighted by Crippen LogP contribution is -1.93. The van der Waals surface area contributed by atoms with E-state index in [-0.39, 0.29) is 5.82 Å². The average Bonchev–Trinajstić information content (AvgIpc) is 2.69. The highest BCUT2D eigenvalue weighted by Crippen LogP contribution is 2.43. The van der Waals surface area contributed by atoms with Crippen LogP contribution in [0.1, 0.15) is 0 Å². The maximum absolute atomic E-state index is 14.5. The summed E-state index contributed by atoms with van der Waals surface area (Å²) in [5, 5.41) is 0.345. The van der Waals surface area contributed by atoms with Crippen LogP contribution in [0.4, 0.5) is 13.2 Å². The first kappa shape index (κ1) is 18.3. The molecule has 4 aromatic rings. The van der Waals surface area contributed by atoms with Crippen molar-refractivity contribution in [2.45, 2.75) is 0 Å². The molecule has 0 aliphatic carbocycles.